The minimum atomic E-state index is -0.321. The minimum absolute atomic E-state index is 0.0509. The Kier molecular flexibility index (Phi) is 6.34. The molecule has 2 atom stereocenters. The summed E-state index contributed by atoms with van der Waals surface area (Å²) in [5, 5.41) is 2.98. The Labute approximate surface area is 206 Å². The second-order valence-electron chi connectivity index (χ2n) is 8.74. The summed E-state index contributed by atoms with van der Waals surface area (Å²) in [6.45, 7) is 5.64. The molecule has 2 amide bonds. The molecule has 2 aromatic carbocycles. The van der Waals surface area contributed by atoms with Crippen molar-refractivity contribution < 1.29 is 13.6 Å². The molecule has 0 radical (unpaired) electrons. The maximum atomic E-state index is 13.6. The van der Waals surface area contributed by atoms with Crippen LogP contribution in [-0.4, -0.2) is 46.6 Å². The number of nitrogens with one attached hydrogen (secondary N) is 1. The summed E-state index contributed by atoms with van der Waals surface area (Å²) >= 11 is 1.58. The van der Waals surface area contributed by atoms with Crippen molar-refractivity contribution in [3.05, 3.63) is 78.1 Å². The first-order chi connectivity index (χ1) is 16.9. The Morgan fingerprint density at radius 3 is 2.63 bits per heavy atom. The molecule has 180 valence electrons. The number of rotatable bonds is 4. The van der Waals surface area contributed by atoms with Crippen LogP contribution in [0.3, 0.4) is 0 Å². The van der Waals surface area contributed by atoms with E-state index in [1.165, 1.54) is 24.3 Å². The monoisotopic (exact) mass is 493 g/mol. The molecule has 1 aliphatic heterocycles. The summed E-state index contributed by atoms with van der Waals surface area (Å²) in [6.07, 6.45) is 1.56. The first-order valence-corrected chi connectivity index (χ1v) is 12.3. The van der Waals surface area contributed by atoms with E-state index in [4.69, 9.17) is 0 Å². The van der Waals surface area contributed by atoms with E-state index in [1.54, 1.807) is 41.9 Å². The van der Waals surface area contributed by atoms with Crippen molar-refractivity contribution >= 4 is 33.4 Å². The highest BCUT2D eigenvalue weighted by atomic mass is 32.1. The molecule has 1 fully saturated rings. The van der Waals surface area contributed by atoms with Crippen LogP contribution in [0.25, 0.3) is 20.7 Å². The van der Waals surface area contributed by atoms with Gasteiger partial charge in [0.1, 0.15) is 23.8 Å². The van der Waals surface area contributed by atoms with E-state index in [1.807, 2.05) is 24.8 Å². The number of piperazine rings is 1. The molecule has 3 heterocycles. The first-order valence-electron chi connectivity index (χ1n) is 11.5. The zero-order valence-electron chi connectivity index (χ0n) is 19.4. The van der Waals surface area contributed by atoms with E-state index in [0.717, 1.165) is 32.0 Å². The van der Waals surface area contributed by atoms with Gasteiger partial charge < -0.3 is 15.1 Å². The third kappa shape index (κ3) is 4.81. The van der Waals surface area contributed by atoms with Gasteiger partial charge in [0.15, 0.2) is 0 Å². The average molecular weight is 494 g/mol. The molecular weight excluding hydrogens is 468 g/mol. The van der Waals surface area contributed by atoms with Crippen LogP contribution < -0.4 is 10.2 Å². The number of halogens is 2. The van der Waals surface area contributed by atoms with E-state index in [0.29, 0.717) is 19.6 Å². The summed E-state index contributed by atoms with van der Waals surface area (Å²) in [4.78, 5) is 26.9. The number of fused-ring (bicyclic) bond motifs is 1. The van der Waals surface area contributed by atoms with Crippen LogP contribution in [0.2, 0.25) is 0 Å². The van der Waals surface area contributed by atoms with Gasteiger partial charge in [-0.3, -0.25) is 0 Å². The zero-order chi connectivity index (χ0) is 24.5. The van der Waals surface area contributed by atoms with Crippen LogP contribution in [0.1, 0.15) is 25.5 Å². The molecule has 1 aliphatic rings. The number of hydrogen-bond donors (Lipinski definition) is 1. The lowest BCUT2D eigenvalue weighted by atomic mass is 10.1. The second-order valence-corrected chi connectivity index (χ2v) is 9.80. The van der Waals surface area contributed by atoms with Gasteiger partial charge in [-0.15, -0.1) is 11.3 Å². The van der Waals surface area contributed by atoms with E-state index in [9.17, 15) is 13.6 Å². The van der Waals surface area contributed by atoms with Gasteiger partial charge in [-0.05, 0) is 55.3 Å². The fraction of sp³-hybridized carbons (Fsp3) is 0.269. The maximum Gasteiger partial charge on any atom is 0.318 e. The number of carbonyl (C=O) groups excluding carboxylic acids is 1. The van der Waals surface area contributed by atoms with E-state index >= 15 is 0 Å². The third-order valence-electron chi connectivity index (χ3n) is 6.30. The zero-order valence-corrected chi connectivity index (χ0v) is 20.2. The smallest absolute Gasteiger partial charge is 0.318 e. The summed E-state index contributed by atoms with van der Waals surface area (Å²) in [6, 6.07) is 14.2. The van der Waals surface area contributed by atoms with Crippen molar-refractivity contribution in [2.75, 3.05) is 24.5 Å². The molecule has 6 nitrogen and oxygen atoms in total. The van der Waals surface area contributed by atoms with Crippen LogP contribution in [0, 0.1) is 11.6 Å². The van der Waals surface area contributed by atoms with E-state index < -0.39 is 0 Å². The number of urea groups is 1. The Bertz CT molecular complexity index is 1360. The predicted octanol–water partition coefficient (Wildman–Crippen LogP) is 5.62. The van der Waals surface area contributed by atoms with Gasteiger partial charge in [-0.1, -0.05) is 24.3 Å². The molecular formula is C26H25F2N5OS. The SMILES string of the molecule is CC1CN(c2ncnc3cc(-c4ccc(F)cc4)sc23)CCN1C(=O)N[C@@H](C)c1cccc(F)c1. The minimum Gasteiger partial charge on any atom is -0.351 e. The number of hydrogen-bond acceptors (Lipinski definition) is 5. The highest BCUT2D eigenvalue weighted by Crippen LogP contribution is 2.37. The lowest BCUT2D eigenvalue weighted by molar-refractivity contribution is 0.168. The van der Waals surface area contributed by atoms with Gasteiger partial charge >= 0.3 is 6.03 Å². The van der Waals surface area contributed by atoms with Crippen molar-refractivity contribution in [2.45, 2.75) is 25.9 Å². The quantitative estimate of drug-likeness (QED) is 0.401. The van der Waals surface area contributed by atoms with E-state index in [-0.39, 0.29) is 29.7 Å². The molecule has 1 N–H and O–H groups in total. The Morgan fingerprint density at radius 2 is 1.89 bits per heavy atom. The maximum absolute atomic E-state index is 13.6. The Morgan fingerprint density at radius 1 is 1.09 bits per heavy atom. The van der Waals surface area contributed by atoms with Gasteiger partial charge in [0.2, 0.25) is 0 Å². The van der Waals surface area contributed by atoms with Gasteiger partial charge in [0, 0.05) is 30.6 Å². The van der Waals surface area contributed by atoms with Crippen molar-refractivity contribution in [2.24, 2.45) is 0 Å². The molecule has 0 bridgehead atoms. The predicted molar refractivity (Wildman–Crippen MR) is 135 cm³/mol. The number of aromatic nitrogens is 2. The molecule has 1 saturated heterocycles. The molecule has 1 unspecified atom stereocenters. The number of anilines is 1. The van der Waals surface area contributed by atoms with Crippen LogP contribution in [0.5, 0.6) is 0 Å². The Hall–Kier alpha value is -3.59. The summed E-state index contributed by atoms with van der Waals surface area (Å²) < 4.78 is 27.9. The number of carbonyl (C=O) groups is 1. The van der Waals surface area contributed by atoms with Crippen molar-refractivity contribution in [1.82, 2.24) is 20.2 Å². The van der Waals surface area contributed by atoms with Crippen LogP contribution in [-0.2, 0) is 0 Å². The molecule has 0 saturated carbocycles. The molecule has 35 heavy (non-hydrogen) atoms. The highest BCUT2D eigenvalue weighted by Gasteiger charge is 2.30. The number of nitrogens with zero attached hydrogens (tertiary/aromatic N) is 4. The Balaban J connectivity index is 1.30. The van der Waals surface area contributed by atoms with Gasteiger partial charge in [-0.2, -0.15) is 0 Å². The fourth-order valence-corrected chi connectivity index (χ4v) is 5.54. The van der Waals surface area contributed by atoms with Crippen molar-refractivity contribution in [1.29, 1.82) is 0 Å². The van der Waals surface area contributed by atoms with Crippen LogP contribution in [0.15, 0.2) is 60.9 Å². The van der Waals surface area contributed by atoms with Crippen LogP contribution >= 0.6 is 11.3 Å². The fourth-order valence-electron chi connectivity index (χ4n) is 4.40. The van der Waals surface area contributed by atoms with Gasteiger partial charge in [0.05, 0.1) is 16.3 Å². The molecule has 5 rings (SSSR count). The topological polar surface area (TPSA) is 61.4 Å². The van der Waals surface area contributed by atoms with Crippen molar-refractivity contribution in [3.63, 3.8) is 0 Å². The van der Waals surface area contributed by atoms with Crippen molar-refractivity contribution in [3.8, 4) is 10.4 Å². The second kappa shape index (κ2) is 9.58. The lowest BCUT2D eigenvalue weighted by Crippen LogP contribution is -2.57. The molecule has 9 heteroatoms. The molecule has 0 spiro atoms. The summed E-state index contributed by atoms with van der Waals surface area (Å²) in [5.41, 5.74) is 2.50. The lowest BCUT2D eigenvalue weighted by Gasteiger charge is -2.40. The van der Waals surface area contributed by atoms with Gasteiger partial charge in [0.25, 0.3) is 0 Å². The number of benzene rings is 2. The molecule has 2 aromatic heterocycles. The highest BCUT2D eigenvalue weighted by molar-refractivity contribution is 7.22. The first kappa shape index (κ1) is 23.2. The van der Waals surface area contributed by atoms with E-state index in [2.05, 4.69) is 20.2 Å². The average Bonchev–Trinajstić information content (AvgIpc) is 3.29. The normalized spacial score (nSPS) is 17.0. The standard InChI is InChI=1S/C26H25F2N5OS/c1-16-14-32(10-11-33(16)26(34)31-17(2)19-4-3-5-21(28)12-19)25-24-22(29-15-30-25)13-23(35-24)18-6-8-20(27)9-7-18/h3-9,12-13,15-17H,10-11,14H2,1-2H3,(H,31,34)/t16?,17-/m0/s1. The molecule has 0 aliphatic carbocycles. The third-order valence-corrected chi connectivity index (χ3v) is 7.47. The van der Waals surface area contributed by atoms with Crippen LogP contribution in [0.4, 0.5) is 19.4 Å². The summed E-state index contributed by atoms with van der Waals surface area (Å²) in [7, 11) is 0. The number of thiophene rings is 1. The molecule has 4 aromatic rings. The summed E-state index contributed by atoms with van der Waals surface area (Å²) in [5.74, 6) is 0.253. The van der Waals surface area contributed by atoms with Gasteiger partial charge in [-0.25, -0.2) is 23.5 Å². The largest absolute Gasteiger partial charge is 0.351 e. The number of amides is 2.